The monoisotopic (exact) mass is 293 g/mol. The minimum absolute atomic E-state index is 0.559. The lowest BCUT2D eigenvalue weighted by molar-refractivity contribution is 0.326. The third-order valence-electron chi connectivity index (χ3n) is 4.13. The van der Waals surface area contributed by atoms with Crippen LogP contribution in [0.5, 0.6) is 0 Å². The molecule has 0 radical (unpaired) electrons. The maximum Gasteiger partial charge on any atom is 0.291 e. The minimum atomic E-state index is -2.04. The SMILES string of the molecule is CCC(C1CCCN1[Si](C)(C)C)[Si](C)(Cl)OC. The van der Waals surface area contributed by atoms with E-state index in [0.717, 1.165) is 6.42 Å². The first kappa shape index (κ1) is 15.7. The van der Waals surface area contributed by atoms with Crippen LogP contribution in [0.15, 0.2) is 0 Å². The van der Waals surface area contributed by atoms with Crippen LogP contribution in [0.25, 0.3) is 0 Å². The number of hydrogen-bond donors (Lipinski definition) is 0. The highest BCUT2D eigenvalue weighted by molar-refractivity contribution is 7.16. The fraction of sp³-hybridized carbons (Fsp3) is 1.00. The zero-order valence-electron chi connectivity index (χ0n) is 12.2. The summed E-state index contributed by atoms with van der Waals surface area (Å²) in [5.74, 6) is 0. The van der Waals surface area contributed by atoms with Crippen molar-refractivity contribution < 1.29 is 4.43 Å². The van der Waals surface area contributed by atoms with Crippen molar-refractivity contribution in [3.8, 4) is 0 Å². The van der Waals surface area contributed by atoms with Crippen molar-refractivity contribution in [2.45, 2.75) is 64.0 Å². The predicted octanol–water partition coefficient (Wildman–Crippen LogP) is 4.02. The Morgan fingerprint density at radius 2 is 1.94 bits per heavy atom. The van der Waals surface area contributed by atoms with E-state index in [9.17, 15) is 0 Å². The van der Waals surface area contributed by atoms with Gasteiger partial charge in [-0.2, -0.15) is 0 Å². The number of nitrogens with zero attached hydrogens (tertiary/aromatic N) is 1. The Balaban J connectivity index is 2.89. The third kappa shape index (κ3) is 3.56. The summed E-state index contributed by atoms with van der Waals surface area (Å²) in [6, 6.07) is 0.667. The molecule has 1 fully saturated rings. The minimum Gasteiger partial charge on any atom is -0.406 e. The molecular formula is C12H28ClNOSi2. The van der Waals surface area contributed by atoms with Crippen molar-refractivity contribution in [3.05, 3.63) is 0 Å². The van der Waals surface area contributed by atoms with Crippen LogP contribution in [0.3, 0.4) is 0 Å². The molecule has 1 aliphatic heterocycles. The molecule has 1 rings (SSSR count). The molecule has 1 heterocycles. The fourth-order valence-electron chi connectivity index (χ4n) is 3.18. The van der Waals surface area contributed by atoms with Crippen molar-refractivity contribution >= 4 is 26.9 Å². The van der Waals surface area contributed by atoms with Crippen LogP contribution in [-0.4, -0.2) is 40.1 Å². The third-order valence-corrected chi connectivity index (χ3v) is 10.6. The Labute approximate surface area is 114 Å². The standard InChI is InChI=1S/C12H28ClNOSi2/c1-7-12(17(6,13)15-2)11-9-8-10-14(11)16(3,4)5/h11-12H,7-10H2,1-6H3. The summed E-state index contributed by atoms with van der Waals surface area (Å²) in [5, 5.41) is 0. The van der Waals surface area contributed by atoms with Gasteiger partial charge in [-0.3, -0.25) is 0 Å². The molecule has 0 bridgehead atoms. The highest BCUT2D eigenvalue weighted by atomic mass is 35.6. The first-order valence-electron chi connectivity index (χ1n) is 6.74. The van der Waals surface area contributed by atoms with Crippen LogP contribution < -0.4 is 0 Å². The average Bonchev–Trinajstić information content (AvgIpc) is 2.66. The van der Waals surface area contributed by atoms with E-state index < -0.39 is 15.9 Å². The van der Waals surface area contributed by atoms with Gasteiger partial charge in [0.2, 0.25) is 0 Å². The Morgan fingerprint density at radius 1 is 1.35 bits per heavy atom. The predicted molar refractivity (Wildman–Crippen MR) is 81.6 cm³/mol. The van der Waals surface area contributed by atoms with Crippen LogP contribution in [0.4, 0.5) is 0 Å². The van der Waals surface area contributed by atoms with Crippen LogP contribution in [0.2, 0.25) is 31.7 Å². The Kier molecular flexibility index (Phi) is 5.30. The highest BCUT2D eigenvalue weighted by Gasteiger charge is 2.46. The molecule has 1 saturated heterocycles. The van der Waals surface area contributed by atoms with Gasteiger partial charge in [-0.1, -0.05) is 33.0 Å². The van der Waals surface area contributed by atoms with Gasteiger partial charge in [0.1, 0.15) is 8.24 Å². The van der Waals surface area contributed by atoms with E-state index in [4.69, 9.17) is 15.5 Å². The molecule has 3 atom stereocenters. The lowest BCUT2D eigenvalue weighted by Crippen LogP contribution is -2.53. The van der Waals surface area contributed by atoms with Crippen molar-refractivity contribution in [1.82, 2.24) is 4.57 Å². The Bertz CT molecular complexity index is 255. The molecule has 0 N–H and O–H groups in total. The van der Waals surface area contributed by atoms with Gasteiger partial charge in [-0.25, -0.2) is 0 Å². The molecule has 0 aliphatic carbocycles. The fourth-order valence-corrected chi connectivity index (χ4v) is 8.42. The summed E-state index contributed by atoms with van der Waals surface area (Å²) in [7, 11) is -1.47. The molecule has 0 aromatic rings. The molecule has 3 unspecified atom stereocenters. The maximum absolute atomic E-state index is 6.69. The zero-order valence-corrected chi connectivity index (χ0v) is 15.0. The second-order valence-corrected chi connectivity index (χ2v) is 16.6. The molecule has 102 valence electrons. The molecule has 0 saturated carbocycles. The van der Waals surface area contributed by atoms with Crippen molar-refractivity contribution in [3.63, 3.8) is 0 Å². The number of hydrogen-bond acceptors (Lipinski definition) is 2. The number of halogens is 1. The molecule has 0 aromatic carbocycles. The van der Waals surface area contributed by atoms with E-state index in [1.54, 1.807) is 7.11 Å². The molecular weight excluding hydrogens is 266 g/mol. The van der Waals surface area contributed by atoms with Crippen molar-refractivity contribution in [2.24, 2.45) is 0 Å². The lowest BCUT2D eigenvalue weighted by Gasteiger charge is -2.42. The van der Waals surface area contributed by atoms with Crippen LogP contribution in [0.1, 0.15) is 26.2 Å². The maximum atomic E-state index is 6.69. The van der Waals surface area contributed by atoms with Gasteiger partial charge in [0, 0.05) is 18.7 Å². The van der Waals surface area contributed by atoms with Gasteiger partial charge >= 0.3 is 0 Å². The van der Waals surface area contributed by atoms with E-state index in [0.29, 0.717) is 11.6 Å². The molecule has 0 amide bonds. The van der Waals surface area contributed by atoms with Gasteiger partial charge in [-0.15, -0.1) is 11.1 Å². The van der Waals surface area contributed by atoms with Gasteiger partial charge < -0.3 is 8.99 Å². The molecule has 0 spiro atoms. The van der Waals surface area contributed by atoms with Crippen molar-refractivity contribution in [2.75, 3.05) is 13.7 Å². The van der Waals surface area contributed by atoms with E-state index >= 15 is 0 Å². The second kappa shape index (κ2) is 5.74. The second-order valence-electron chi connectivity index (χ2n) is 6.28. The van der Waals surface area contributed by atoms with Crippen LogP contribution >= 0.6 is 11.1 Å². The lowest BCUT2D eigenvalue weighted by atomic mass is 10.1. The van der Waals surface area contributed by atoms with E-state index in [-0.39, 0.29) is 0 Å². The summed E-state index contributed by atoms with van der Waals surface area (Å²) in [6.07, 6.45) is 3.78. The largest absolute Gasteiger partial charge is 0.406 e. The summed E-state index contributed by atoms with van der Waals surface area (Å²) in [6.45, 7) is 13.0. The first-order chi connectivity index (χ1) is 7.74. The smallest absolute Gasteiger partial charge is 0.291 e. The Hall–Kier alpha value is 0.644. The van der Waals surface area contributed by atoms with Crippen LogP contribution in [-0.2, 0) is 4.43 Å². The molecule has 17 heavy (non-hydrogen) atoms. The van der Waals surface area contributed by atoms with Crippen LogP contribution in [0, 0.1) is 0 Å². The zero-order chi connectivity index (χ0) is 13.3. The average molecular weight is 294 g/mol. The molecule has 2 nitrogen and oxygen atoms in total. The molecule has 1 aliphatic rings. The van der Waals surface area contributed by atoms with E-state index in [1.807, 2.05) is 0 Å². The van der Waals surface area contributed by atoms with Gasteiger partial charge in [0.25, 0.3) is 7.63 Å². The van der Waals surface area contributed by atoms with Crippen molar-refractivity contribution in [1.29, 1.82) is 0 Å². The Morgan fingerprint density at radius 3 is 2.35 bits per heavy atom. The highest BCUT2D eigenvalue weighted by Crippen LogP contribution is 2.41. The summed E-state index contributed by atoms with van der Waals surface area (Å²) < 4.78 is 8.43. The summed E-state index contributed by atoms with van der Waals surface area (Å²) >= 11 is 6.69. The molecule has 5 heteroatoms. The van der Waals surface area contributed by atoms with E-state index in [2.05, 4.69) is 37.7 Å². The first-order valence-corrected chi connectivity index (χ1v) is 13.7. The van der Waals surface area contributed by atoms with Gasteiger partial charge in [-0.05, 0) is 25.9 Å². The summed E-state index contributed by atoms with van der Waals surface area (Å²) in [4.78, 5) is 0. The van der Waals surface area contributed by atoms with Gasteiger partial charge in [0.05, 0.1) is 0 Å². The number of rotatable bonds is 5. The van der Waals surface area contributed by atoms with Gasteiger partial charge in [0.15, 0.2) is 0 Å². The summed E-state index contributed by atoms with van der Waals surface area (Å²) in [5.41, 5.74) is 0.559. The topological polar surface area (TPSA) is 12.5 Å². The van der Waals surface area contributed by atoms with E-state index in [1.165, 1.54) is 19.4 Å². The molecule has 0 aromatic heterocycles. The quantitative estimate of drug-likeness (QED) is 0.561. The normalized spacial score (nSPS) is 28.1.